The first-order valence-electron chi connectivity index (χ1n) is 6.11. The molecule has 0 saturated carbocycles. The van der Waals surface area contributed by atoms with Crippen LogP contribution in [0.3, 0.4) is 0 Å². The van der Waals surface area contributed by atoms with Crippen LogP contribution in [-0.2, 0) is 0 Å². The zero-order valence-corrected chi connectivity index (χ0v) is 12.2. The van der Waals surface area contributed by atoms with E-state index in [4.69, 9.17) is 28.9 Å². The van der Waals surface area contributed by atoms with E-state index >= 15 is 0 Å². The van der Waals surface area contributed by atoms with Crippen molar-refractivity contribution in [3.05, 3.63) is 58.3 Å². The van der Waals surface area contributed by atoms with Crippen molar-refractivity contribution in [1.82, 2.24) is 10.2 Å². The van der Waals surface area contributed by atoms with E-state index in [0.29, 0.717) is 32.4 Å². The van der Waals surface area contributed by atoms with Crippen LogP contribution in [0.1, 0.15) is 0 Å². The van der Waals surface area contributed by atoms with Gasteiger partial charge in [0, 0.05) is 21.2 Å². The Labute approximate surface area is 130 Å². The fraction of sp³-hybridized carbons (Fsp3) is 0. The van der Waals surface area contributed by atoms with E-state index in [1.54, 1.807) is 36.4 Å². The van der Waals surface area contributed by atoms with E-state index in [9.17, 15) is 4.39 Å². The maximum absolute atomic E-state index is 14.0. The monoisotopic (exact) mass is 321 g/mol. The van der Waals surface area contributed by atoms with Crippen molar-refractivity contribution in [2.45, 2.75) is 0 Å². The Bertz CT molecular complexity index is 794. The number of nitrogens with zero attached hydrogens (tertiary/aromatic N) is 1. The molecule has 0 aliphatic carbocycles. The highest BCUT2D eigenvalue weighted by molar-refractivity contribution is 6.35. The molecule has 1 heterocycles. The molecule has 0 amide bonds. The van der Waals surface area contributed by atoms with Gasteiger partial charge in [-0.15, -0.1) is 0 Å². The average Bonchev–Trinajstić information content (AvgIpc) is 2.80. The topological polar surface area (TPSA) is 54.7 Å². The van der Waals surface area contributed by atoms with Gasteiger partial charge in [0.2, 0.25) is 0 Å². The molecule has 106 valence electrons. The fourth-order valence-corrected chi connectivity index (χ4v) is 2.73. The molecule has 3 N–H and O–H groups in total. The summed E-state index contributed by atoms with van der Waals surface area (Å²) in [5.41, 5.74) is 8.00. The first-order chi connectivity index (χ1) is 10.1. The lowest BCUT2D eigenvalue weighted by Gasteiger charge is -2.07. The van der Waals surface area contributed by atoms with E-state index < -0.39 is 0 Å². The Balaban J connectivity index is 2.24. The van der Waals surface area contributed by atoms with Crippen LogP contribution >= 0.6 is 23.2 Å². The predicted molar refractivity (Wildman–Crippen MR) is 83.9 cm³/mol. The number of nitrogen functional groups attached to an aromatic ring is 1. The number of rotatable bonds is 2. The Morgan fingerprint density at radius 1 is 1.05 bits per heavy atom. The second-order valence-electron chi connectivity index (χ2n) is 4.50. The first kappa shape index (κ1) is 13.9. The number of H-pyrrole nitrogens is 1. The molecule has 0 fully saturated rings. The zero-order chi connectivity index (χ0) is 15.0. The van der Waals surface area contributed by atoms with E-state index in [-0.39, 0.29) is 11.6 Å². The third kappa shape index (κ3) is 2.60. The largest absolute Gasteiger partial charge is 0.382 e. The fourth-order valence-electron chi connectivity index (χ4n) is 2.20. The molecule has 0 aliphatic heterocycles. The van der Waals surface area contributed by atoms with Crippen molar-refractivity contribution < 1.29 is 4.39 Å². The summed E-state index contributed by atoms with van der Waals surface area (Å²) in [7, 11) is 0. The van der Waals surface area contributed by atoms with Crippen molar-refractivity contribution in [1.29, 1.82) is 0 Å². The van der Waals surface area contributed by atoms with Gasteiger partial charge in [0.25, 0.3) is 0 Å². The van der Waals surface area contributed by atoms with Gasteiger partial charge in [0.1, 0.15) is 5.82 Å². The van der Waals surface area contributed by atoms with Gasteiger partial charge >= 0.3 is 0 Å². The molecular formula is C15H10Cl2FN3. The lowest BCUT2D eigenvalue weighted by atomic mass is 10.0. The van der Waals surface area contributed by atoms with Crippen LogP contribution in [0.4, 0.5) is 10.2 Å². The van der Waals surface area contributed by atoms with Crippen molar-refractivity contribution >= 4 is 29.0 Å². The summed E-state index contributed by atoms with van der Waals surface area (Å²) in [6, 6.07) is 11.4. The van der Waals surface area contributed by atoms with Gasteiger partial charge in [-0.1, -0.05) is 41.4 Å². The Kier molecular flexibility index (Phi) is 3.57. The number of nitrogens with two attached hydrogens (primary N) is 1. The number of benzene rings is 2. The van der Waals surface area contributed by atoms with Crippen LogP contribution in [0.25, 0.3) is 22.4 Å². The van der Waals surface area contributed by atoms with E-state index in [0.717, 1.165) is 0 Å². The second-order valence-corrected chi connectivity index (χ2v) is 5.37. The summed E-state index contributed by atoms with van der Waals surface area (Å²) in [5, 5.41) is 7.74. The van der Waals surface area contributed by atoms with Gasteiger partial charge in [-0.2, -0.15) is 5.10 Å². The molecule has 3 aromatic rings. The second kappa shape index (κ2) is 5.39. The quantitative estimate of drug-likeness (QED) is 0.714. The van der Waals surface area contributed by atoms with Gasteiger partial charge in [-0.05, 0) is 24.3 Å². The summed E-state index contributed by atoms with van der Waals surface area (Å²) in [4.78, 5) is 0. The minimum Gasteiger partial charge on any atom is -0.382 e. The molecule has 3 nitrogen and oxygen atoms in total. The SMILES string of the molecule is Nc1n[nH]c(-c2cc(Cl)cc(Cl)c2)c1-c1ccccc1F. The van der Waals surface area contributed by atoms with Crippen molar-refractivity contribution in [2.24, 2.45) is 0 Å². The molecule has 0 radical (unpaired) electrons. The number of aromatic amines is 1. The van der Waals surface area contributed by atoms with Gasteiger partial charge in [-0.3, -0.25) is 5.10 Å². The van der Waals surface area contributed by atoms with E-state index in [1.165, 1.54) is 6.07 Å². The Morgan fingerprint density at radius 2 is 1.71 bits per heavy atom. The zero-order valence-electron chi connectivity index (χ0n) is 10.7. The highest BCUT2D eigenvalue weighted by atomic mass is 35.5. The maximum Gasteiger partial charge on any atom is 0.153 e. The lowest BCUT2D eigenvalue weighted by molar-refractivity contribution is 0.631. The molecule has 0 saturated heterocycles. The molecular weight excluding hydrogens is 312 g/mol. The van der Waals surface area contributed by atoms with Crippen LogP contribution in [0.2, 0.25) is 10.0 Å². The van der Waals surface area contributed by atoms with Crippen molar-refractivity contribution in [3.8, 4) is 22.4 Å². The number of halogens is 3. The Morgan fingerprint density at radius 3 is 2.38 bits per heavy atom. The summed E-state index contributed by atoms with van der Waals surface area (Å²) in [5.74, 6) is -0.161. The molecule has 0 bridgehead atoms. The number of anilines is 1. The minimum absolute atomic E-state index is 0.214. The predicted octanol–water partition coefficient (Wildman–Crippen LogP) is 4.77. The van der Waals surface area contributed by atoms with Gasteiger partial charge in [0.05, 0.1) is 11.3 Å². The normalized spacial score (nSPS) is 10.8. The van der Waals surface area contributed by atoms with Gasteiger partial charge in [0.15, 0.2) is 5.82 Å². The van der Waals surface area contributed by atoms with Crippen LogP contribution in [0.15, 0.2) is 42.5 Å². The van der Waals surface area contributed by atoms with E-state index in [2.05, 4.69) is 10.2 Å². The van der Waals surface area contributed by atoms with Crippen LogP contribution in [-0.4, -0.2) is 10.2 Å². The molecule has 21 heavy (non-hydrogen) atoms. The standard InChI is InChI=1S/C15H10Cl2FN3/c16-9-5-8(6-10(17)7-9)14-13(15(19)21-20-14)11-3-1-2-4-12(11)18/h1-7H,(H3,19,20,21). The molecule has 0 spiro atoms. The summed E-state index contributed by atoms with van der Waals surface area (Å²) >= 11 is 12.0. The molecule has 2 aromatic carbocycles. The summed E-state index contributed by atoms with van der Waals surface area (Å²) < 4.78 is 14.0. The number of aromatic nitrogens is 2. The van der Waals surface area contributed by atoms with Gasteiger partial charge in [-0.25, -0.2) is 4.39 Å². The highest BCUT2D eigenvalue weighted by Gasteiger charge is 2.18. The van der Waals surface area contributed by atoms with E-state index in [1.807, 2.05) is 0 Å². The Hall–Kier alpha value is -2.04. The first-order valence-corrected chi connectivity index (χ1v) is 6.87. The number of nitrogens with one attached hydrogen (secondary N) is 1. The highest BCUT2D eigenvalue weighted by Crippen LogP contribution is 2.37. The maximum atomic E-state index is 14.0. The summed E-state index contributed by atoms with van der Waals surface area (Å²) in [6.07, 6.45) is 0. The smallest absolute Gasteiger partial charge is 0.153 e. The lowest BCUT2D eigenvalue weighted by Crippen LogP contribution is -1.91. The number of hydrogen-bond acceptors (Lipinski definition) is 2. The molecule has 0 unspecified atom stereocenters. The van der Waals surface area contributed by atoms with Crippen LogP contribution in [0.5, 0.6) is 0 Å². The average molecular weight is 322 g/mol. The van der Waals surface area contributed by atoms with Crippen molar-refractivity contribution in [2.75, 3.05) is 5.73 Å². The molecule has 1 aromatic heterocycles. The third-order valence-corrected chi connectivity index (χ3v) is 3.53. The van der Waals surface area contributed by atoms with Crippen LogP contribution in [0, 0.1) is 5.82 Å². The molecule has 3 rings (SSSR count). The van der Waals surface area contributed by atoms with Gasteiger partial charge < -0.3 is 5.73 Å². The number of hydrogen-bond donors (Lipinski definition) is 2. The third-order valence-electron chi connectivity index (χ3n) is 3.09. The summed E-state index contributed by atoms with van der Waals surface area (Å²) in [6.45, 7) is 0. The molecule has 6 heteroatoms. The molecule has 0 aliphatic rings. The van der Waals surface area contributed by atoms with Crippen LogP contribution < -0.4 is 5.73 Å². The molecule has 0 atom stereocenters. The minimum atomic E-state index is -0.375. The van der Waals surface area contributed by atoms with Crippen molar-refractivity contribution in [3.63, 3.8) is 0 Å².